The summed E-state index contributed by atoms with van der Waals surface area (Å²) in [6.07, 6.45) is 2.68. The molecule has 1 aliphatic carbocycles. The van der Waals surface area contributed by atoms with Crippen LogP contribution in [0, 0.1) is 17.2 Å². The molecule has 1 N–H and O–H groups in total. The molecule has 2 aromatic carbocycles. The lowest BCUT2D eigenvalue weighted by Gasteiger charge is -2.44. The highest BCUT2D eigenvalue weighted by Gasteiger charge is 2.42. The zero-order valence-corrected chi connectivity index (χ0v) is 19.0. The maximum atomic E-state index is 14.6. The van der Waals surface area contributed by atoms with E-state index in [-0.39, 0.29) is 29.5 Å². The van der Waals surface area contributed by atoms with E-state index >= 15 is 0 Å². The Kier molecular flexibility index (Phi) is 5.36. The highest BCUT2D eigenvalue weighted by molar-refractivity contribution is 5.70. The van der Waals surface area contributed by atoms with Gasteiger partial charge < -0.3 is 14.8 Å². The number of benzene rings is 2. The number of nitrogens with one attached hydrogen (secondary N) is 1. The molecule has 170 valence electrons. The number of rotatable bonds is 4. The van der Waals surface area contributed by atoms with Gasteiger partial charge in [-0.1, -0.05) is 32.0 Å². The van der Waals surface area contributed by atoms with Crippen molar-refractivity contribution in [3.8, 4) is 16.9 Å². The van der Waals surface area contributed by atoms with Crippen molar-refractivity contribution >= 4 is 6.09 Å². The number of ether oxygens (including phenoxy) is 2. The van der Waals surface area contributed by atoms with Crippen LogP contribution in [0.2, 0.25) is 0 Å². The van der Waals surface area contributed by atoms with Gasteiger partial charge in [-0.15, -0.1) is 0 Å². The van der Waals surface area contributed by atoms with Crippen LogP contribution in [-0.2, 0) is 11.2 Å². The van der Waals surface area contributed by atoms with Gasteiger partial charge in [-0.3, -0.25) is 4.90 Å². The first-order valence-electron chi connectivity index (χ1n) is 11.5. The van der Waals surface area contributed by atoms with Crippen molar-refractivity contribution in [2.24, 2.45) is 11.3 Å². The number of nitrogens with zero attached hydrogens (tertiary/aromatic N) is 1. The summed E-state index contributed by atoms with van der Waals surface area (Å²) in [7, 11) is 1.53. The highest BCUT2D eigenvalue weighted by atomic mass is 19.1. The predicted molar refractivity (Wildman–Crippen MR) is 121 cm³/mol. The third kappa shape index (κ3) is 3.85. The van der Waals surface area contributed by atoms with Gasteiger partial charge >= 0.3 is 6.09 Å². The Hall–Kier alpha value is -2.60. The van der Waals surface area contributed by atoms with Crippen LogP contribution >= 0.6 is 0 Å². The Morgan fingerprint density at radius 2 is 1.94 bits per heavy atom. The molecule has 32 heavy (non-hydrogen) atoms. The van der Waals surface area contributed by atoms with Crippen LogP contribution in [0.1, 0.15) is 43.9 Å². The van der Waals surface area contributed by atoms with Gasteiger partial charge in [0.05, 0.1) is 13.2 Å². The van der Waals surface area contributed by atoms with Crippen LogP contribution in [-0.4, -0.2) is 43.8 Å². The molecule has 0 aromatic heterocycles. The molecule has 2 bridgehead atoms. The summed E-state index contributed by atoms with van der Waals surface area (Å²) < 4.78 is 25.6. The third-order valence-electron chi connectivity index (χ3n) is 7.49. The van der Waals surface area contributed by atoms with Crippen LogP contribution < -0.4 is 10.1 Å². The van der Waals surface area contributed by atoms with E-state index in [2.05, 4.69) is 24.1 Å². The van der Waals surface area contributed by atoms with Gasteiger partial charge in [0.2, 0.25) is 0 Å². The molecule has 6 rings (SSSR count). The summed E-state index contributed by atoms with van der Waals surface area (Å²) in [6, 6.07) is 10.8. The van der Waals surface area contributed by atoms with E-state index in [1.54, 1.807) is 12.1 Å². The van der Waals surface area contributed by atoms with Crippen molar-refractivity contribution in [3.63, 3.8) is 0 Å². The first kappa shape index (κ1) is 21.3. The maximum Gasteiger partial charge on any atom is 0.407 e. The van der Waals surface area contributed by atoms with E-state index in [9.17, 15) is 9.18 Å². The van der Waals surface area contributed by atoms with Gasteiger partial charge in [0.15, 0.2) is 0 Å². The summed E-state index contributed by atoms with van der Waals surface area (Å²) in [5.41, 5.74) is 3.43. The number of alkyl carbamates (subject to hydrolysis) is 1. The lowest BCUT2D eigenvalue weighted by Crippen LogP contribution is -2.53. The molecule has 1 unspecified atom stereocenters. The molecule has 5 nitrogen and oxygen atoms in total. The molecule has 2 aromatic rings. The second kappa shape index (κ2) is 8.07. The number of hydrogen-bond donors (Lipinski definition) is 1. The van der Waals surface area contributed by atoms with Crippen LogP contribution in [0.5, 0.6) is 5.75 Å². The summed E-state index contributed by atoms with van der Waals surface area (Å²) in [4.78, 5) is 15.2. The van der Waals surface area contributed by atoms with Gasteiger partial charge in [0.1, 0.15) is 17.7 Å². The van der Waals surface area contributed by atoms with Gasteiger partial charge in [-0.25, -0.2) is 9.18 Å². The van der Waals surface area contributed by atoms with E-state index in [0.29, 0.717) is 17.2 Å². The lowest BCUT2D eigenvalue weighted by atomic mass is 9.85. The number of methoxy groups -OCH3 is 1. The van der Waals surface area contributed by atoms with Crippen LogP contribution in [0.25, 0.3) is 11.1 Å². The Balaban J connectivity index is 1.34. The molecule has 3 heterocycles. The second-order valence-corrected chi connectivity index (χ2v) is 10.1. The first-order chi connectivity index (χ1) is 15.3. The largest absolute Gasteiger partial charge is 0.497 e. The molecule has 6 heteroatoms. The fourth-order valence-corrected chi connectivity index (χ4v) is 5.69. The normalized spacial score (nSPS) is 27.6. The maximum absolute atomic E-state index is 14.6. The van der Waals surface area contributed by atoms with Crippen LogP contribution in [0.15, 0.2) is 36.4 Å². The highest BCUT2D eigenvalue weighted by Crippen LogP contribution is 2.46. The lowest BCUT2D eigenvalue weighted by molar-refractivity contribution is -0.0348. The van der Waals surface area contributed by atoms with Crippen molar-refractivity contribution < 1.29 is 18.7 Å². The minimum Gasteiger partial charge on any atom is -0.497 e. The number of halogens is 1. The number of amides is 1. The topological polar surface area (TPSA) is 50.8 Å². The number of piperidine rings is 3. The molecular formula is C26H31FN2O3. The number of hydrogen-bond acceptors (Lipinski definition) is 4. The van der Waals surface area contributed by atoms with Crippen molar-refractivity contribution in [3.05, 3.63) is 53.3 Å². The Bertz CT molecular complexity index is 1030. The molecule has 3 saturated heterocycles. The molecule has 0 radical (unpaired) electrons. The molecule has 0 spiro atoms. The second-order valence-electron chi connectivity index (χ2n) is 10.1. The molecule has 4 aliphatic rings. The van der Waals surface area contributed by atoms with E-state index in [4.69, 9.17) is 9.47 Å². The number of carbonyl (C=O) groups is 1. The summed E-state index contributed by atoms with van der Waals surface area (Å²) in [5.74, 6) is 0.674. The van der Waals surface area contributed by atoms with E-state index in [1.165, 1.54) is 13.2 Å². The number of fused-ring (bicyclic) bond motifs is 4. The average molecular weight is 439 g/mol. The smallest absolute Gasteiger partial charge is 0.407 e. The minimum absolute atomic E-state index is 0.0121. The Morgan fingerprint density at radius 1 is 1.16 bits per heavy atom. The Morgan fingerprint density at radius 3 is 2.59 bits per heavy atom. The molecule has 3 fully saturated rings. The first-order valence-corrected chi connectivity index (χ1v) is 11.5. The summed E-state index contributed by atoms with van der Waals surface area (Å²) >= 11 is 0. The molecular weight excluding hydrogens is 407 g/mol. The van der Waals surface area contributed by atoms with Gasteiger partial charge in [0, 0.05) is 18.2 Å². The third-order valence-corrected chi connectivity index (χ3v) is 7.49. The fourth-order valence-electron chi connectivity index (χ4n) is 5.69. The standard InChI is InChI=1S/C26H31FN2O3/c1-26(2)14-18-12-17(20-7-5-19(31-3)13-22(20)27)4-6-21(18)24(26)28-25(30)32-23-15-29-10-8-16(23)9-11-29/h4-7,12-13,16,23-24H,8-11,14-15H2,1-3H3,(H,28,30)/t23-,24?/m1/s1. The zero-order chi connectivity index (χ0) is 22.5. The van der Waals surface area contributed by atoms with E-state index in [0.717, 1.165) is 55.6 Å². The predicted octanol–water partition coefficient (Wildman–Crippen LogP) is 4.95. The number of carbonyl (C=O) groups excluding carboxylic acids is 1. The molecule has 1 amide bonds. The van der Waals surface area contributed by atoms with Crippen molar-refractivity contribution in [1.82, 2.24) is 10.2 Å². The SMILES string of the molecule is COc1ccc(-c2ccc3c(c2)CC(C)(C)C3NC(=O)O[C@@H]2CN3CCC2CC3)c(F)c1. The quantitative estimate of drug-likeness (QED) is 0.734. The van der Waals surface area contributed by atoms with Crippen molar-refractivity contribution in [2.75, 3.05) is 26.7 Å². The monoisotopic (exact) mass is 438 g/mol. The minimum atomic E-state index is -0.333. The summed E-state index contributed by atoms with van der Waals surface area (Å²) in [5, 5.41) is 3.15. The van der Waals surface area contributed by atoms with E-state index in [1.807, 2.05) is 18.2 Å². The van der Waals surface area contributed by atoms with E-state index < -0.39 is 0 Å². The van der Waals surface area contributed by atoms with Gasteiger partial charge in [-0.2, -0.15) is 0 Å². The average Bonchev–Trinajstić information content (AvgIpc) is 3.03. The summed E-state index contributed by atoms with van der Waals surface area (Å²) in [6.45, 7) is 7.39. The molecule has 2 atom stereocenters. The van der Waals surface area contributed by atoms with Crippen LogP contribution in [0.4, 0.5) is 9.18 Å². The Labute approximate surface area is 188 Å². The fraction of sp³-hybridized carbons (Fsp3) is 0.500. The van der Waals surface area contributed by atoms with Crippen LogP contribution in [0.3, 0.4) is 0 Å². The zero-order valence-electron chi connectivity index (χ0n) is 19.0. The van der Waals surface area contributed by atoms with Gasteiger partial charge in [0.25, 0.3) is 0 Å². The van der Waals surface area contributed by atoms with Gasteiger partial charge in [-0.05, 0) is 72.5 Å². The van der Waals surface area contributed by atoms with Crippen molar-refractivity contribution in [2.45, 2.75) is 45.3 Å². The molecule has 3 aliphatic heterocycles. The molecule has 0 saturated carbocycles. The van der Waals surface area contributed by atoms with Crippen molar-refractivity contribution in [1.29, 1.82) is 0 Å².